The lowest BCUT2D eigenvalue weighted by Crippen LogP contribution is -2.32. The first-order chi connectivity index (χ1) is 15.9. The zero-order valence-electron chi connectivity index (χ0n) is 20.8. The summed E-state index contributed by atoms with van der Waals surface area (Å²) in [5, 5.41) is 10.2. The van der Waals surface area contributed by atoms with Gasteiger partial charge in [0, 0.05) is 6.54 Å². The number of ether oxygens (including phenoxy) is 2. The number of hydrogen-bond acceptors (Lipinski definition) is 5. The van der Waals surface area contributed by atoms with E-state index in [2.05, 4.69) is 31.9 Å². The highest BCUT2D eigenvalue weighted by atomic mass is 16.5. The number of benzene rings is 2. The van der Waals surface area contributed by atoms with E-state index in [1.165, 1.54) is 0 Å². The topological polar surface area (TPSA) is 62.6 Å². The van der Waals surface area contributed by atoms with Crippen molar-refractivity contribution in [2.45, 2.75) is 51.9 Å². The number of nitriles is 1. The first kappa shape index (κ1) is 26.4. The van der Waals surface area contributed by atoms with Crippen molar-refractivity contribution in [1.29, 1.82) is 5.26 Å². The van der Waals surface area contributed by atoms with Gasteiger partial charge in [-0.2, -0.15) is 5.26 Å². The van der Waals surface area contributed by atoms with Crippen LogP contribution >= 0.6 is 0 Å². The van der Waals surface area contributed by atoms with Crippen LogP contribution in [0.3, 0.4) is 0 Å². The Hall–Kier alpha value is -2.84. The molecule has 0 bridgehead atoms. The van der Waals surface area contributed by atoms with Gasteiger partial charge in [-0.3, -0.25) is 0 Å². The first-order valence-corrected chi connectivity index (χ1v) is 11.9. The van der Waals surface area contributed by atoms with Crippen LogP contribution < -0.4 is 4.74 Å². The van der Waals surface area contributed by atoms with Gasteiger partial charge in [-0.15, -0.1) is 0 Å². The molecule has 0 radical (unpaired) electrons. The number of methoxy groups -OCH3 is 1. The van der Waals surface area contributed by atoms with E-state index in [0.717, 1.165) is 55.6 Å². The predicted octanol–water partition coefficient (Wildman–Crippen LogP) is 5.63. The molecule has 1 atom stereocenters. The van der Waals surface area contributed by atoms with Crippen LogP contribution in [0.2, 0.25) is 0 Å². The van der Waals surface area contributed by atoms with E-state index >= 15 is 0 Å². The fourth-order valence-electron chi connectivity index (χ4n) is 4.11. The number of nitrogens with zero attached hydrogens (tertiary/aromatic N) is 2. The van der Waals surface area contributed by atoms with Crippen molar-refractivity contribution < 1.29 is 14.3 Å². The normalized spacial score (nSPS) is 12.9. The molecular formula is C28H38N2O3. The van der Waals surface area contributed by atoms with Gasteiger partial charge in [-0.1, -0.05) is 45.0 Å². The number of rotatable bonds is 13. The van der Waals surface area contributed by atoms with E-state index in [4.69, 9.17) is 9.47 Å². The molecule has 0 aliphatic heterocycles. The van der Waals surface area contributed by atoms with Gasteiger partial charge in [0.15, 0.2) is 0 Å². The molecule has 0 fully saturated rings. The zero-order chi connectivity index (χ0) is 24.3. The van der Waals surface area contributed by atoms with Crippen LogP contribution in [0.1, 0.15) is 61.5 Å². The molecule has 1 unspecified atom stereocenters. The molecule has 5 nitrogen and oxygen atoms in total. The van der Waals surface area contributed by atoms with Gasteiger partial charge in [0.2, 0.25) is 0 Å². The fraction of sp³-hybridized carbons (Fsp3) is 0.500. The molecule has 0 spiro atoms. The summed E-state index contributed by atoms with van der Waals surface area (Å²) in [6.45, 7) is 8.45. The van der Waals surface area contributed by atoms with Crippen molar-refractivity contribution in [2.75, 3.05) is 33.9 Å². The number of carbonyl (C=O) groups excluding carboxylic acids is 1. The van der Waals surface area contributed by atoms with Crippen LogP contribution in [0.25, 0.3) is 0 Å². The van der Waals surface area contributed by atoms with Gasteiger partial charge in [0.05, 0.1) is 30.8 Å². The van der Waals surface area contributed by atoms with Crippen LogP contribution in [-0.4, -0.2) is 44.7 Å². The van der Waals surface area contributed by atoms with E-state index < -0.39 is 5.41 Å². The minimum absolute atomic E-state index is 0.190. The number of likely N-dealkylation sites (N-methyl/N-ethyl adjacent to an activating group) is 1. The minimum atomic E-state index is -0.539. The average molecular weight is 451 g/mol. The molecule has 2 aromatic rings. The Kier molecular flexibility index (Phi) is 10.4. The van der Waals surface area contributed by atoms with E-state index in [1.54, 1.807) is 13.2 Å². The van der Waals surface area contributed by atoms with E-state index in [1.807, 2.05) is 49.4 Å². The Balaban J connectivity index is 1.94. The maximum atomic E-state index is 12.1. The highest BCUT2D eigenvalue weighted by Crippen LogP contribution is 2.37. The molecule has 2 rings (SSSR count). The Morgan fingerprint density at radius 1 is 1.15 bits per heavy atom. The van der Waals surface area contributed by atoms with E-state index in [-0.39, 0.29) is 11.9 Å². The molecule has 0 N–H and O–H groups in total. The van der Waals surface area contributed by atoms with Crippen molar-refractivity contribution in [2.24, 2.45) is 5.92 Å². The van der Waals surface area contributed by atoms with Crippen LogP contribution in [0.15, 0.2) is 48.5 Å². The molecule has 33 heavy (non-hydrogen) atoms. The van der Waals surface area contributed by atoms with Crippen molar-refractivity contribution >= 4 is 5.97 Å². The fourth-order valence-corrected chi connectivity index (χ4v) is 4.11. The van der Waals surface area contributed by atoms with Gasteiger partial charge in [-0.25, -0.2) is 4.79 Å². The molecule has 0 heterocycles. The molecule has 5 heteroatoms. The zero-order valence-corrected chi connectivity index (χ0v) is 20.8. The van der Waals surface area contributed by atoms with Gasteiger partial charge in [0.1, 0.15) is 5.75 Å². The van der Waals surface area contributed by atoms with Crippen LogP contribution in [0.5, 0.6) is 5.75 Å². The SMILES string of the molecule is CCCOC(=O)c1cccc(CCN(C)CCCC(C#N)(c2cccc(OC)c2)C(C)C)c1. The molecular weight excluding hydrogens is 412 g/mol. The number of hydrogen-bond donors (Lipinski definition) is 0. The molecule has 2 aromatic carbocycles. The van der Waals surface area contributed by atoms with Crippen molar-refractivity contribution in [1.82, 2.24) is 4.90 Å². The predicted molar refractivity (Wildman–Crippen MR) is 133 cm³/mol. The second-order valence-corrected chi connectivity index (χ2v) is 8.96. The second kappa shape index (κ2) is 13.0. The van der Waals surface area contributed by atoms with Crippen molar-refractivity contribution in [3.63, 3.8) is 0 Å². The number of esters is 1. The van der Waals surface area contributed by atoms with Gasteiger partial charge < -0.3 is 14.4 Å². The summed E-state index contributed by atoms with van der Waals surface area (Å²) in [5.74, 6) is 0.715. The molecule has 0 aliphatic carbocycles. The van der Waals surface area contributed by atoms with Gasteiger partial charge in [0.25, 0.3) is 0 Å². The van der Waals surface area contributed by atoms with Crippen molar-refractivity contribution in [3.05, 3.63) is 65.2 Å². The highest BCUT2D eigenvalue weighted by molar-refractivity contribution is 5.89. The van der Waals surface area contributed by atoms with Crippen molar-refractivity contribution in [3.8, 4) is 11.8 Å². The Bertz CT molecular complexity index is 935. The lowest BCUT2D eigenvalue weighted by molar-refractivity contribution is 0.0505. The van der Waals surface area contributed by atoms with Crippen LogP contribution in [-0.2, 0) is 16.6 Å². The van der Waals surface area contributed by atoms with E-state index in [0.29, 0.717) is 12.2 Å². The Morgan fingerprint density at radius 2 is 1.91 bits per heavy atom. The van der Waals surface area contributed by atoms with Crippen LogP contribution in [0.4, 0.5) is 0 Å². The Morgan fingerprint density at radius 3 is 2.58 bits per heavy atom. The molecule has 0 saturated carbocycles. The standard InChI is InChI=1S/C28H38N2O3/c1-6-18-33-27(31)24-11-7-10-23(19-24)14-17-30(4)16-9-15-28(21-29,22(2)3)25-12-8-13-26(20-25)32-5/h7-8,10-13,19-20,22H,6,9,14-18H2,1-5H3. The minimum Gasteiger partial charge on any atom is -0.497 e. The number of carbonyl (C=O) groups is 1. The summed E-state index contributed by atoms with van der Waals surface area (Å²) in [5.41, 5.74) is 2.21. The quantitative estimate of drug-likeness (QED) is 0.370. The summed E-state index contributed by atoms with van der Waals surface area (Å²) >= 11 is 0. The summed E-state index contributed by atoms with van der Waals surface area (Å²) < 4.78 is 10.6. The maximum absolute atomic E-state index is 12.1. The third-order valence-electron chi connectivity index (χ3n) is 6.26. The first-order valence-electron chi connectivity index (χ1n) is 11.9. The molecule has 0 amide bonds. The largest absolute Gasteiger partial charge is 0.497 e. The molecule has 178 valence electrons. The monoisotopic (exact) mass is 450 g/mol. The Labute approximate surface area is 199 Å². The summed E-state index contributed by atoms with van der Waals surface area (Å²) in [6, 6.07) is 18.2. The summed E-state index contributed by atoms with van der Waals surface area (Å²) in [7, 11) is 3.76. The van der Waals surface area contributed by atoms with E-state index in [9.17, 15) is 10.1 Å². The average Bonchev–Trinajstić information content (AvgIpc) is 2.84. The molecule has 0 saturated heterocycles. The third-order valence-corrected chi connectivity index (χ3v) is 6.26. The van der Waals surface area contributed by atoms with Gasteiger partial charge in [-0.05, 0) is 80.6 Å². The third kappa shape index (κ3) is 7.33. The van der Waals surface area contributed by atoms with Gasteiger partial charge >= 0.3 is 5.97 Å². The lowest BCUT2D eigenvalue weighted by Gasteiger charge is -2.32. The molecule has 0 aromatic heterocycles. The smallest absolute Gasteiger partial charge is 0.338 e. The summed E-state index contributed by atoms with van der Waals surface area (Å²) in [4.78, 5) is 14.4. The summed E-state index contributed by atoms with van der Waals surface area (Å²) in [6.07, 6.45) is 3.38. The van der Waals surface area contributed by atoms with Crippen LogP contribution in [0, 0.1) is 17.2 Å². The highest BCUT2D eigenvalue weighted by Gasteiger charge is 2.35. The maximum Gasteiger partial charge on any atom is 0.338 e. The second-order valence-electron chi connectivity index (χ2n) is 8.96. The molecule has 0 aliphatic rings. The lowest BCUT2D eigenvalue weighted by atomic mass is 9.70.